The van der Waals surface area contributed by atoms with Crippen molar-refractivity contribution in [1.29, 1.82) is 0 Å². The molecule has 1 aromatic heterocycles. The molecule has 0 bridgehead atoms. The summed E-state index contributed by atoms with van der Waals surface area (Å²) in [4.78, 5) is 14.2. The fourth-order valence-corrected chi connectivity index (χ4v) is 2.01. The summed E-state index contributed by atoms with van der Waals surface area (Å²) in [7, 11) is 0. The van der Waals surface area contributed by atoms with E-state index in [1.54, 1.807) is 6.92 Å². The Hall–Kier alpha value is -0.660. The van der Waals surface area contributed by atoms with Gasteiger partial charge in [-0.2, -0.15) is 0 Å². The van der Waals surface area contributed by atoms with Crippen molar-refractivity contribution < 1.29 is 10.0 Å². The van der Waals surface area contributed by atoms with Crippen LogP contribution in [0.2, 0.25) is 0 Å². The molecule has 0 radical (unpaired) electrons. The van der Waals surface area contributed by atoms with E-state index in [-0.39, 0.29) is 17.5 Å². The number of nitro groups is 1. The normalized spacial score (nSPS) is 12.5. The van der Waals surface area contributed by atoms with Gasteiger partial charge < -0.3 is 5.11 Å². The van der Waals surface area contributed by atoms with Gasteiger partial charge in [-0.3, -0.25) is 10.1 Å². The minimum Gasteiger partial charge on any atom is -0.395 e. The zero-order valence-electron chi connectivity index (χ0n) is 7.88. The van der Waals surface area contributed by atoms with E-state index in [2.05, 4.69) is 20.9 Å². The zero-order valence-corrected chi connectivity index (χ0v) is 10.3. The summed E-state index contributed by atoms with van der Waals surface area (Å²) in [5, 5.41) is 19.8. The van der Waals surface area contributed by atoms with Crippen LogP contribution < -0.4 is 0 Å². The fraction of sp³-hybridized carbons (Fsp3) is 0.375. The average molecular weight is 293 g/mol. The van der Waals surface area contributed by atoms with Crippen molar-refractivity contribution in [2.24, 2.45) is 0 Å². The minimum absolute atomic E-state index is 0.0421. The quantitative estimate of drug-likeness (QED) is 0.523. The van der Waals surface area contributed by atoms with Crippen molar-refractivity contribution in [1.82, 2.24) is 4.98 Å². The number of pyridine rings is 1. The first-order valence-electron chi connectivity index (χ1n) is 4.12. The maximum absolute atomic E-state index is 10.7. The third-order valence-electron chi connectivity index (χ3n) is 1.57. The predicted octanol–water partition coefficient (Wildman–Crippen LogP) is 2.23. The molecule has 0 aromatic carbocycles. The lowest BCUT2D eigenvalue weighted by Crippen LogP contribution is -2.03. The first-order chi connectivity index (χ1) is 7.04. The van der Waals surface area contributed by atoms with Gasteiger partial charge in [0.05, 0.1) is 11.5 Å². The number of nitrogens with zero attached hydrogens (tertiary/aromatic N) is 2. The molecule has 0 aliphatic rings. The number of hydrogen-bond acceptors (Lipinski definition) is 5. The highest BCUT2D eigenvalue weighted by Crippen LogP contribution is 2.31. The van der Waals surface area contributed by atoms with Crippen LogP contribution in [0.4, 0.5) is 5.69 Å². The second-order valence-corrected chi connectivity index (χ2v) is 5.19. The van der Waals surface area contributed by atoms with Crippen LogP contribution in [0.5, 0.6) is 0 Å². The molecule has 82 valence electrons. The van der Waals surface area contributed by atoms with Crippen molar-refractivity contribution in [3.63, 3.8) is 0 Å². The number of thioether (sulfide) groups is 1. The Morgan fingerprint density at radius 3 is 3.00 bits per heavy atom. The van der Waals surface area contributed by atoms with Crippen molar-refractivity contribution >= 4 is 33.4 Å². The lowest BCUT2D eigenvalue weighted by molar-refractivity contribution is -0.388. The summed E-state index contributed by atoms with van der Waals surface area (Å²) in [5.74, 6) is 0. The number of halogens is 1. The zero-order chi connectivity index (χ0) is 11.4. The van der Waals surface area contributed by atoms with Gasteiger partial charge in [-0.1, -0.05) is 18.7 Å². The third-order valence-corrected chi connectivity index (χ3v) is 3.09. The van der Waals surface area contributed by atoms with Crippen molar-refractivity contribution in [3.8, 4) is 0 Å². The molecule has 1 rings (SSSR count). The molecule has 5 nitrogen and oxygen atoms in total. The molecule has 7 heteroatoms. The van der Waals surface area contributed by atoms with Crippen LogP contribution in [0, 0.1) is 10.1 Å². The summed E-state index contributed by atoms with van der Waals surface area (Å²) >= 11 is 4.31. The average Bonchev–Trinajstić information content (AvgIpc) is 2.20. The second kappa shape index (κ2) is 5.43. The van der Waals surface area contributed by atoms with Gasteiger partial charge in [-0.15, -0.1) is 0 Å². The maximum atomic E-state index is 10.7. The van der Waals surface area contributed by atoms with Gasteiger partial charge in [-0.05, 0) is 15.9 Å². The molecule has 0 aliphatic heterocycles. The molecule has 0 amide bonds. The molecule has 0 saturated heterocycles. The highest BCUT2D eigenvalue weighted by molar-refractivity contribution is 9.10. The van der Waals surface area contributed by atoms with Gasteiger partial charge in [0, 0.05) is 22.0 Å². The molecule has 0 spiro atoms. The molecule has 1 heterocycles. The summed E-state index contributed by atoms with van der Waals surface area (Å²) in [6.45, 7) is 1.73. The number of hydrogen-bond donors (Lipinski definition) is 1. The van der Waals surface area contributed by atoms with Gasteiger partial charge in [0.25, 0.3) is 0 Å². The third kappa shape index (κ3) is 3.44. The Balaban J connectivity index is 3.01. The Bertz CT molecular complexity index is 375. The van der Waals surface area contributed by atoms with Crippen LogP contribution in [-0.2, 0) is 0 Å². The lowest BCUT2D eigenvalue weighted by Gasteiger charge is -2.06. The van der Waals surface area contributed by atoms with Crippen LogP contribution in [-0.4, -0.2) is 26.9 Å². The SMILES string of the molecule is CC(CO)Sc1ncc(Br)cc1[N+](=O)[O-]. The smallest absolute Gasteiger partial charge is 0.302 e. The van der Waals surface area contributed by atoms with Gasteiger partial charge in [0.2, 0.25) is 0 Å². The highest BCUT2D eigenvalue weighted by Gasteiger charge is 2.18. The summed E-state index contributed by atoms with van der Waals surface area (Å²) in [6.07, 6.45) is 1.50. The Kier molecular flexibility index (Phi) is 4.49. The molecular weight excluding hydrogens is 284 g/mol. The highest BCUT2D eigenvalue weighted by atomic mass is 79.9. The van der Waals surface area contributed by atoms with E-state index in [9.17, 15) is 10.1 Å². The maximum Gasteiger partial charge on any atom is 0.302 e. The molecule has 0 aliphatic carbocycles. The number of aliphatic hydroxyl groups is 1. The Labute approximate surface area is 99.2 Å². The topological polar surface area (TPSA) is 76.3 Å². The lowest BCUT2D eigenvalue weighted by atomic mass is 10.4. The molecule has 0 saturated carbocycles. The van der Waals surface area contributed by atoms with Gasteiger partial charge >= 0.3 is 5.69 Å². The second-order valence-electron chi connectivity index (χ2n) is 2.85. The molecule has 1 unspecified atom stereocenters. The van der Waals surface area contributed by atoms with Gasteiger partial charge in [0.1, 0.15) is 0 Å². The Morgan fingerprint density at radius 1 is 1.80 bits per heavy atom. The predicted molar refractivity (Wildman–Crippen MR) is 61.0 cm³/mol. The molecule has 1 N–H and O–H groups in total. The minimum atomic E-state index is -0.482. The molecule has 0 fully saturated rings. The van der Waals surface area contributed by atoms with E-state index in [1.165, 1.54) is 24.0 Å². The first-order valence-corrected chi connectivity index (χ1v) is 5.79. The van der Waals surface area contributed by atoms with Crippen LogP contribution >= 0.6 is 27.7 Å². The van der Waals surface area contributed by atoms with E-state index in [0.717, 1.165) is 0 Å². The molecule has 15 heavy (non-hydrogen) atoms. The summed E-state index contributed by atoms with van der Waals surface area (Å²) in [5.41, 5.74) is -0.0466. The molecule has 1 aromatic rings. The monoisotopic (exact) mass is 292 g/mol. The summed E-state index contributed by atoms with van der Waals surface area (Å²) in [6, 6.07) is 1.40. The Morgan fingerprint density at radius 2 is 2.47 bits per heavy atom. The van der Waals surface area contributed by atoms with E-state index in [1.807, 2.05) is 0 Å². The largest absolute Gasteiger partial charge is 0.395 e. The van der Waals surface area contributed by atoms with Crippen molar-refractivity contribution in [2.75, 3.05) is 6.61 Å². The van der Waals surface area contributed by atoms with Crippen LogP contribution in [0.1, 0.15) is 6.92 Å². The van der Waals surface area contributed by atoms with E-state index >= 15 is 0 Å². The van der Waals surface area contributed by atoms with E-state index < -0.39 is 4.92 Å². The number of aliphatic hydroxyl groups excluding tert-OH is 1. The number of rotatable bonds is 4. The van der Waals surface area contributed by atoms with E-state index in [4.69, 9.17) is 5.11 Å². The number of aromatic nitrogens is 1. The van der Waals surface area contributed by atoms with Gasteiger partial charge in [-0.25, -0.2) is 4.98 Å². The van der Waals surface area contributed by atoms with Crippen LogP contribution in [0.25, 0.3) is 0 Å². The van der Waals surface area contributed by atoms with Crippen LogP contribution in [0.15, 0.2) is 21.8 Å². The molecular formula is C8H9BrN2O3S. The van der Waals surface area contributed by atoms with Crippen LogP contribution in [0.3, 0.4) is 0 Å². The fourth-order valence-electron chi connectivity index (χ4n) is 0.865. The van der Waals surface area contributed by atoms with Crippen molar-refractivity contribution in [2.45, 2.75) is 17.2 Å². The first kappa shape index (κ1) is 12.4. The summed E-state index contributed by atoms with van der Waals surface area (Å²) < 4.78 is 0.565. The molecule has 1 atom stereocenters. The van der Waals surface area contributed by atoms with Gasteiger partial charge in [0.15, 0.2) is 5.03 Å². The van der Waals surface area contributed by atoms with Crippen molar-refractivity contribution in [3.05, 3.63) is 26.9 Å². The van der Waals surface area contributed by atoms with E-state index in [0.29, 0.717) is 9.50 Å². The standard InChI is InChI=1S/C8H9BrN2O3S/c1-5(4-12)15-8-7(11(13)14)2-6(9)3-10-8/h2-3,5,12H,4H2,1H3.